The molecule has 1 rings (SSSR count). The van der Waals surface area contributed by atoms with Crippen molar-refractivity contribution in [1.82, 2.24) is 10.6 Å². The molecule has 0 radical (unpaired) electrons. The molecule has 0 spiro atoms. The Morgan fingerprint density at radius 2 is 1.79 bits per heavy atom. The quantitative estimate of drug-likeness (QED) is 0.807. The van der Waals surface area contributed by atoms with Gasteiger partial charge in [-0.3, -0.25) is 0 Å². The average Bonchev–Trinajstić information content (AvgIpc) is 2.90. The van der Waals surface area contributed by atoms with Gasteiger partial charge in [0.25, 0.3) is 0 Å². The number of rotatable bonds is 5. The number of hydrogen-bond acceptors (Lipinski definition) is 3. The third-order valence-electron chi connectivity index (χ3n) is 3.77. The zero-order valence-corrected chi connectivity index (χ0v) is 13.5. The Hall–Kier alpha value is -0.770. The maximum absolute atomic E-state index is 11.8. The van der Waals surface area contributed by atoms with E-state index in [4.69, 9.17) is 4.74 Å². The van der Waals surface area contributed by atoms with Crippen LogP contribution in [0.4, 0.5) is 4.79 Å². The molecule has 1 atom stereocenters. The van der Waals surface area contributed by atoms with E-state index in [9.17, 15) is 4.79 Å². The molecule has 0 heterocycles. The Morgan fingerprint density at radius 3 is 2.21 bits per heavy atom. The molecule has 1 unspecified atom stereocenters. The Labute approximate surface area is 117 Å². The van der Waals surface area contributed by atoms with Gasteiger partial charge < -0.3 is 15.4 Å². The minimum atomic E-state index is -0.456. The lowest BCUT2D eigenvalue weighted by atomic mass is 9.99. The SMILES string of the molecule is CC(NCC(C)(C)NC(=O)OC(C)(C)C)C1(C)CC1. The van der Waals surface area contributed by atoms with Gasteiger partial charge in [0.1, 0.15) is 5.60 Å². The van der Waals surface area contributed by atoms with Crippen molar-refractivity contribution in [1.29, 1.82) is 0 Å². The second-order valence-corrected chi connectivity index (χ2v) is 7.77. The maximum Gasteiger partial charge on any atom is 0.408 e. The number of alkyl carbamates (subject to hydrolysis) is 1. The summed E-state index contributed by atoms with van der Waals surface area (Å²) in [5.41, 5.74) is -0.327. The van der Waals surface area contributed by atoms with E-state index in [1.165, 1.54) is 12.8 Å². The Kier molecular flexibility index (Phi) is 4.55. The predicted octanol–water partition coefficient (Wildman–Crippen LogP) is 3.07. The fraction of sp³-hybridized carbons (Fsp3) is 0.933. The van der Waals surface area contributed by atoms with E-state index >= 15 is 0 Å². The van der Waals surface area contributed by atoms with Gasteiger partial charge in [0.2, 0.25) is 0 Å². The first-order valence-corrected chi connectivity index (χ1v) is 7.18. The van der Waals surface area contributed by atoms with Crippen molar-refractivity contribution >= 4 is 6.09 Å². The second kappa shape index (κ2) is 5.31. The van der Waals surface area contributed by atoms with Gasteiger partial charge in [-0.15, -0.1) is 0 Å². The molecule has 2 N–H and O–H groups in total. The van der Waals surface area contributed by atoms with Gasteiger partial charge in [-0.25, -0.2) is 4.79 Å². The number of ether oxygens (including phenoxy) is 1. The highest BCUT2D eigenvalue weighted by molar-refractivity contribution is 5.68. The number of carbonyl (C=O) groups excluding carboxylic acids is 1. The lowest BCUT2D eigenvalue weighted by molar-refractivity contribution is 0.0470. The minimum absolute atomic E-state index is 0.318. The molecule has 0 aromatic carbocycles. The smallest absolute Gasteiger partial charge is 0.408 e. The van der Waals surface area contributed by atoms with Crippen LogP contribution in [-0.2, 0) is 4.74 Å². The van der Waals surface area contributed by atoms with E-state index in [0.29, 0.717) is 11.5 Å². The highest BCUT2D eigenvalue weighted by Crippen LogP contribution is 2.47. The van der Waals surface area contributed by atoms with Gasteiger partial charge in [-0.1, -0.05) is 6.92 Å². The summed E-state index contributed by atoms with van der Waals surface area (Å²) in [6.07, 6.45) is 2.23. The van der Waals surface area contributed by atoms with Crippen LogP contribution in [0.25, 0.3) is 0 Å². The number of hydrogen-bond donors (Lipinski definition) is 2. The molecule has 4 nitrogen and oxygen atoms in total. The van der Waals surface area contributed by atoms with Gasteiger partial charge in [-0.05, 0) is 59.8 Å². The molecule has 1 aliphatic rings. The van der Waals surface area contributed by atoms with Crippen LogP contribution in [-0.4, -0.2) is 29.8 Å². The van der Waals surface area contributed by atoms with Crippen LogP contribution in [0, 0.1) is 5.41 Å². The molecule has 0 aromatic rings. The average molecular weight is 270 g/mol. The molecule has 0 aromatic heterocycles. The molecule has 1 fully saturated rings. The van der Waals surface area contributed by atoms with Crippen LogP contribution in [0.3, 0.4) is 0 Å². The van der Waals surface area contributed by atoms with Crippen LogP contribution >= 0.6 is 0 Å². The standard InChI is InChI=1S/C15H30N2O2/c1-11(15(7)8-9-15)16-10-14(5,6)17-12(18)19-13(2,3)4/h11,16H,8-10H2,1-7H3,(H,17,18). The zero-order chi connectivity index (χ0) is 14.9. The predicted molar refractivity (Wildman–Crippen MR) is 78.3 cm³/mol. The van der Waals surface area contributed by atoms with Gasteiger partial charge in [-0.2, -0.15) is 0 Å². The monoisotopic (exact) mass is 270 g/mol. The van der Waals surface area contributed by atoms with Gasteiger partial charge >= 0.3 is 6.09 Å². The highest BCUT2D eigenvalue weighted by atomic mass is 16.6. The fourth-order valence-corrected chi connectivity index (χ4v) is 1.91. The summed E-state index contributed by atoms with van der Waals surface area (Å²) in [6.45, 7) is 14.9. The molecule has 19 heavy (non-hydrogen) atoms. The first-order chi connectivity index (χ1) is 8.44. The molecule has 0 bridgehead atoms. The molecule has 0 aliphatic heterocycles. The Balaban J connectivity index is 2.36. The summed E-state index contributed by atoms with van der Waals surface area (Å²) in [6, 6.07) is 0.479. The molecular weight excluding hydrogens is 240 g/mol. The minimum Gasteiger partial charge on any atom is -0.444 e. The van der Waals surface area contributed by atoms with Gasteiger partial charge in [0.15, 0.2) is 0 Å². The van der Waals surface area contributed by atoms with Gasteiger partial charge in [0, 0.05) is 12.6 Å². The fourth-order valence-electron chi connectivity index (χ4n) is 1.91. The molecule has 112 valence electrons. The van der Waals surface area contributed by atoms with Crippen LogP contribution in [0.1, 0.15) is 61.3 Å². The van der Waals surface area contributed by atoms with E-state index in [2.05, 4.69) is 24.5 Å². The van der Waals surface area contributed by atoms with Crippen LogP contribution in [0.5, 0.6) is 0 Å². The lowest BCUT2D eigenvalue weighted by Crippen LogP contribution is -2.53. The second-order valence-electron chi connectivity index (χ2n) is 7.77. The van der Waals surface area contributed by atoms with Crippen molar-refractivity contribution in [2.75, 3.05) is 6.54 Å². The van der Waals surface area contributed by atoms with Crippen molar-refractivity contribution in [2.24, 2.45) is 5.41 Å². The van der Waals surface area contributed by atoms with Gasteiger partial charge in [0.05, 0.1) is 5.54 Å². The van der Waals surface area contributed by atoms with E-state index in [0.717, 1.165) is 6.54 Å². The van der Waals surface area contributed by atoms with Crippen molar-refractivity contribution in [3.63, 3.8) is 0 Å². The zero-order valence-electron chi connectivity index (χ0n) is 13.5. The topological polar surface area (TPSA) is 50.4 Å². The molecule has 1 saturated carbocycles. The third kappa shape index (κ3) is 5.81. The van der Waals surface area contributed by atoms with Crippen LogP contribution in [0.2, 0.25) is 0 Å². The summed E-state index contributed by atoms with van der Waals surface area (Å²) in [7, 11) is 0. The largest absolute Gasteiger partial charge is 0.444 e. The van der Waals surface area contributed by atoms with E-state index in [-0.39, 0.29) is 11.6 Å². The highest BCUT2D eigenvalue weighted by Gasteiger charge is 2.42. The molecule has 1 aliphatic carbocycles. The van der Waals surface area contributed by atoms with Crippen molar-refractivity contribution in [3.8, 4) is 0 Å². The van der Waals surface area contributed by atoms with Crippen molar-refractivity contribution < 1.29 is 9.53 Å². The van der Waals surface area contributed by atoms with Crippen molar-refractivity contribution in [2.45, 2.75) is 78.5 Å². The van der Waals surface area contributed by atoms with Crippen molar-refractivity contribution in [3.05, 3.63) is 0 Å². The van der Waals surface area contributed by atoms with E-state index in [1.807, 2.05) is 34.6 Å². The first-order valence-electron chi connectivity index (χ1n) is 7.18. The van der Waals surface area contributed by atoms with Crippen LogP contribution in [0.15, 0.2) is 0 Å². The maximum atomic E-state index is 11.8. The van der Waals surface area contributed by atoms with E-state index < -0.39 is 5.60 Å². The molecule has 4 heteroatoms. The van der Waals surface area contributed by atoms with E-state index in [1.54, 1.807) is 0 Å². The number of amides is 1. The summed E-state index contributed by atoms with van der Waals surface area (Å²) in [4.78, 5) is 11.8. The Bertz CT molecular complexity index is 328. The number of carbonyl (C=O) groups is 1. The normalized spacial score (nSPS) is 19.7. The first kappa shape index (κ1) is 16.3. The molecule has 0 saturated heterocycles. The molecule has 1 amide bonds. The third-order valence-corrected chi connectivity index (χ3v) is 3.77. The summed E-state index contributed by atoms with van der Waals surface area (Å²) < 4.78 is 5.28. The van der Waals surface area contributed by atoms with Crippen LogP contribution < -0.4 is 10.6 Å². The Morgan fingerprint density at radius 1 is 1.26 bits per heavy atom. The summed E-state index contributed by atoms with van der Waals surface area (Å²) >= 11 is 0. The molecular formula is C15H30N2O2. The summed E-state index contributed by atoms with van der Waals surface area (Å²) in [5.74, 6) is 0. The number of nitrogens with one attached hydrogen (secondary N) is 2. The summed E-state index contributed by atoms with van der Waals surface area (Å²) in [5, 5.41) is 6.44. The lowest BCUT2D eigenvalue weighted by Gasteiger charge is -2.31.